The zero-order chi connectivity index (χ0) is 20.8. The lowest BCUT2D eigenvalue weighted by molar-refractivity contribution is 0.0195. The molecule has 30 heavy (non-hydrogen) atoms. The minimum absolute atomic E-state index is 0.184. The van der Waals surface area contributed by atoms with Crippen molar-refractivity contribution in [1.82, 2.24) is 20.1 Å². The highest BCUT2D eigenvalue weighted by Crippen LogP contribution is 2.24. The highest BCUT2D eigenvalue weighted by Gasteiger charge is 2.30. The Morgan fingerprint density at radius 1 is 1.30 bits per heavy atom. The van der Waals surface area contributed by atoms with Gasteiger partial charge in [-0.2, -0.15) is 0 Å². The molecule has 4 rings (SSSR count). The highest BCUT2D eigenvalue weighted by molar-refractivity contribution is 5.80. The molecule has 0 spiro atoms. The molecular weight excluding hydrogens is 385 g/mol. The van der Waals surface area contributed by atoms with Crippen molar-refractivity contribution in [2.75, 3.05) is 46.4 Å². The van der Waals surface area contributed by atoms with Crippen LogP contribution in [0.25, 0.3) is 0 Å². The Labute approximate surface area is 176 Å². The van der Waals surface area contributed by atoms with E-state index in [2.05, 4.69) is 25.1 Å². The predicted molar refractivity (Wildman–Crippen MR) is 113 cm³/mol. The summed E-state index contributed by atoms with van der Waals surface area (Å²) in [6.07, 6.45) is 4.32. The molecule has 8 heteroatoms. The Kier molecular flexibility index (Phi) is 6.76. The van der Waals surface area contributed by atoms with E-state index in [0.717, 1.165) is 57.3 Å². The lowest BCUT2D eigenvalue weighted by atomic mass is 10.2. The zero-order valence-electron chi connectivity index (χ0n) is 17.3. The van der Waals surface area contributed by atoms with E-state index in [-0.39, 0.29) is 5.75 Å². The van der Waals surface area contributed by atoms with Gasteiger partial charge in [-0.25, -0.2) is 4.39 Å². The number of pyridine rings is 1. The lowest BCUT2D eigenvalue weighted by Crippen LogP contribution is -2.46. The molecular formula is C22H28FN5O2. The molecule has 7 nitrogen and oxygen atoms in total. The van der Waals surface area contributed by atoms with Crippen LogP contribution in [0, 0.1) is 5.82 Å². The Hall–Kier alpha value is -2.71. The first-order valence-electron chi connectivity index (χ1n) is 10.4. The fraction of sp³-hybridized carbons (Fsp3) is 0.455. The van der Waals surface area contributed by atoms with E-state index in [0.29, 0.717) is 18.3 Å². The summed E-state index contributed by atoms with van der Waals surface area (Å²) in [5.74, 6) is 1.14. The Balaban J connectivity index is 1.31. The Morgan fingerprint density at radius 3 is 2.90 bits per heavy atom. The molecule has 1 aromatic heterocycles. The van der Waals surface area contributed by atoms with Gasteiger partial charge in [0.2, 0.25) is 0 Å². The molecule has 0 amide bonds. The van der Waals surface area contributed by atoms with Gasteiger partial charge < -0.3 is 19.7 Å². The maximum absolute atomic E-state index is 14.5. The molecule has 0 radical (unpaired) electrons. The monoisotopic (exact) mass is 413 g/mol. The van der Waals surface area contributed by atoms with Gasteiger partial charge >= 0.3 is 0 Å². The van der Waals surface area contributed by atoms with E-state index in [1.807, 2.05) is 6.07 Å². The number of hydrogen-bond donors (Lipinski definition) is 1. The number of ether oxygens (including phenoxy) is 2. The summed E-state index contributed by atoms with van der Waals surface area (Å²) in [7, 11) is 1.79. The van der Waals surface area contributed by atoms with Crippen molar-refractivity contribution in [3.8, 4) is 11.5 Å². The largest absolute Gasteiger partial charge is 0.453 e. The van der Waals surface area contributed by atoms with Crippen molar-refractivity contribution < 1.29 is 13.9 Å². The number of rotatable bonds is 5. The minimum Gasteiger partial charge on any atom is -0.453 e. The molecule has 160 valence electrons. The number of aromatic nitrogens is 1. The summed E-state index contributed by atoms with van der Waals surface area (Å²) in [6, 6.07) is 9.02. The van der Waals surface area contributed by atoms with E-state index in [1.165, 1.54) is 6.07 Å². The number of aliphatic imine (C=N–C) groups is 1. The number of guanidine groups is 1. The Morgan fingerprint density at radius 2 is 2.17 bits per heavy atom. The van der Waals surface area contributed by atoms with Crippen LogP contribution in [-0.2, 0) is 11.3 Å². The van der Waals surface area contributed by atoms with Crippen LogP contribution in [0.4, 0.5) is 4.39 Å². The first-order chi connectivity index (χ1) is 14.7. The van der Waals surface area contributed by atoms with Gasteiger partial charge in [0, 0.05) is 52.0 Å². The molecule has 2 aliphatic heterocycles. The third kappa shape index (κ3) is 5.06. The van der Waals surface area contributed by atoms with Crippen molar-refractivity contribution in [2.45, 2.75) is 19.0 Å². The highest BCUT2D eigenvalue weighted by atomic mass is 19.1. The molecule has 1 aromatic carbocycles. The van der Waals surface area contributed by atoms with Gasteiger partial charge in [0.05, 0.1) is 19.4 Å². The van der Waals surface area contributed by atoms with Crippen LogP contribution in [0.3, 0.4) is 0 Å². The maximum Gasteiger partial charge on any atom is 0.193 e. The van der Waals surface area contributed by atoms with Gasteiger partial charge in [-0.1, -0.05) is 6.07 Å². The van der Waals surface area contributed by atoms with E-state index in [4.69, 9.17) is 9.47 Å². The molecule has 3 heterocycles. The summed E-state index contributed by atoms with van der Waals surface area (Å²) < 4.78 is 25.5. The van der Waals surface area contributed by atoms with Crippen LogP contribution >= 0.6 is 0 Å². The minimum atomic E-state index is -0.401. The SMILES string of the molecule is CN=C(NCc1ccc(Oc2cccnc2)c(F)c1)N1CCC(N2CCOCC2)C1. The molecule has 1 atom stereocenters. The number of hydrogen-bond acceptors (Lipinski definition) is 5. The van der Waals surface area contributed by atoms with Crippen LogP contribution in [0.2, 0.25) is 0 Å². The maximum atomic E-state index is 14.5. The lowest BCUT2D eigenvalue weighted by Gasteiger charge is -2.32. The fourth-order valence-corrected chi connectivity index (χ4v) is 3.96. The third-order valence-corrected chi connectivity index (χ3v) is 5.55. The van der Waals surface area contributed by atoms with E-state index in [1.54, 1.807) is 37.6 Å². The normalized spacial score (nSPS) is 20.4. The average molecular weight is 413 g/mol. The summed E-state index contributed by atoms with van der Waals surface area (Å²) in [5, 5.41) is 3.36. The molecule has 2 saturated heterocycles. The third-order valence-electron chi connectivity index (χ3n) is 5.55. The number of benzene rings is 1. The summed E-state index contributed by atoms with van der Waals surface area (Å²) in [4.78, 5) is 13.2. The number of nitrogens with zero attached hydrogens (tertiary/aromatic N) is 4. The van der Waals surface area contributed by atoms with E-state index >= 15 is 0 Å². The van der Waals surface area contributed by atoms with Crippen LogP contribution in [0.15, 0.2) is 47.7 Å². The van der Waals surface area contributed by atoms with Crippen LogP contribution in [0.1, 0.15) is 12.0 Å². The van der Waals surface area contributed by atoms with Crippen LogP contribution < -0.4 is 10.1 Å². The van der Waals surface area contributed by atoms with Crippen molar-refractivity contribution in [3.63, 3.8) is 0 Å². The molecule has 0 saturated carbocycles. The van der Waals surface area contributed by atoms with Gasteiger partial charge in [0.1, 0.15) is 5.75 Å². The topological polar surface area (TPSA) is 62.2 Å². The summed E-state index contributed by atoms with van der Waals surface area (Å²) in [5.41, 5.74) is 0.830. The zero-order valence-corrected chi connectivity index (χ0v) is 17.3. The van der Waals surface area contributed by atoms with Gasteiger partial charge in [0.15, 0.2) is 17.5 Å². The first-order valence-corrected chi connectivity index (χ1v) is 10.4. The predicted octanol–water partition coefficient (Wildman–Crippen LogP) is 2.49. The van der Waals surface area contributed by atoms with Crippen LogP contribution in [0.5, 0.6) is 11.5 Å². The second kappa shape index (κ2) is 9.86. The molecule has 2 aliphatic rings. The molecule has 2 fully saturated rings. The standard InChI is InChI=1S/C22H28FN5O2/c1-24-22(28-8-6-18(16-28)27-9-11-29-12-10-27)26-14-17-4-5-21(20(23)13-17)30-19-3-2-7-25-15-19/h2-5,7,13,15,18H,6,8-12,14,16H2,1H3,(H,24,26). The van der Waals surface area contributed by atoms with Crippen molar-refractivity contribution in [2.24, 2.45) is 4.99 Å². The second-order valence-electron chi connectivity index (χ2n) is 7.49. The van der Waals surface area contributed by atoms with E-state index in [9.17, 15) is 4.39 Å². The fourth-order valence-electron chi connectivity index (χ4n) is 3.96. The molecule has 0 aliphatic carbocycles. The van der Waals surface area contributed by atoms with E-state index < -0.39 is 5.82 Å². The number of morpholine rings is 1. The molecule has 0 bridgehead atoms. The summed E-state index contributed by atoms with van der Waals surface area (Å²) >= 11 is 0. The number of halogens is 1. The van der Waals surface area contributed by atoms with Gasteiger partial charge in [-0.3, -0.25) is 14.9 Å². The Bertz CT molecular complexity index is 858. The van der Waals surface area contributed by atoms with Gasteiger partial charge in [0.25, 0.3) is 0 Å². The summed E-state index contributed by atoms with van der Waals surface area (Å²) in [6.45, 7) is 6.04. The second-order valence-corrected chi connectivity index (χ2v) is 7.49. The van der Waals surface area contributed by atoms with Crippen molar-refractivity contribution in [1.29, 1.82) is 0 Å². The van der Waals surface area contributed by atoms with Crippen molar-refractivity contribution >= 4 is 5.96 Å². The smallest absolute Gasteiger partial charge is 0.193 e. The first kappa shape index (κ1) is 20.6. The quantitative estimate of drug-likeness (QED) is 0.600. The average Bonchev–Trinajstić information content (AvgIpc) is 3.27. The van der Waals surface area contributed by atoms with Gasteiger partial charge in [-0.05, 0) is 36.2 Å². The number of nitrogens with one attached hydrogen (secondary N) is 1. The number of likely N-dealkylation sites (tertiary alicyclic amines) is 1. The van der Waals surface area contributed by atoms with Crippen molar-refractivity contribution in [3.05, 3.63) is 54.1 Å². The molecule has 1 N–H and O–H groups in total. The van der Waals surface area contributed by atoms with Gasteiger partial charge in [-0.15, -0.1) is 0 Å². The molecule has 1 unspecified atom stereocenters. The van der Waals surface area contributed by atoms with Crippen LogP contribution in [-0.4, -0.2) is 73.2 Å². The molecule has 2 aromatic rings.